The normalized spacial score (nSPS) is 13.6. The van der Waals surface area contributed by atoms with Crippen molar-refractivity contribution < 1.29 is 0 Å². The average molecular weight is 1820 g/mol. The molecule has 0 spiro atoms. The molecule has 12 heteroatoms. The van der Waals surface area contributed by atoms with Crippen molar-refractivity contribution in [2.75, 3.05) is 0 Å². The highest BCUT2D eigenvalue weighted by Crippen LogP contribution is 2.61. The summed E-state index contributed by atoms with van der Waals surface area (Å²) in [6.07, 6.45) is 11.9. The number of para-hydroxylation sites is 3. The summed E-state index contributed by atoms with van der Waals surface area (Å²) in [5.41, 5.74) is 30.3. The van der Waals surface area contributed by atoms with Crippen LogP contribution < -0.4 is 0 Å². The van der Waals surface area contributed by atoms with Crippen LogP contribution in [0.3, 0.4) is 0 Å². The molecule has 0 saturated carbocycles. The Bertz CT molecular complexity index is 10400. The van der Waals surface area contributed by atoms with Crippen LogP contribution >= 0.6 is 0 Å². The van der Waals surface area contributed by atoms with Gasteiger partial charge in [-0.2, -0.15) is 0 Å². The SMILES string of the molecule is CC1(C)c2ccccc2-c2c1c1cnccc1c1c3ccccc3n(-c3nc(-c4ccccc4)c4c(ccc5ccccc54)n3)c21.CC1(C)c2ccccc2-c2c1c1cnccc1c1c3ccccc3n(-c3nc(-c4ccccc4)c4c5ccccc5c5ccccc5c4n3)c21.CC1(C)c2ccccc2-c2c1c1cnccc1c1c3ccccc3n(-c3nc(-c4ccccc4)c4ccc5ccccc5c4n3)c21. The minimum absolute atomic E-state index is 0.207. The standard InChI is InChI=1S/C46H30N4.2C42H28N4/c1-46(2)36-22-12-10-20-33(36)39-41(46)35-26-47-25-24-31(35)38-34-21-11-13-23-37(34)50(44(38)39)45-48-42(27-14-4-3-5-15-27)40-30-18-8-6-16-28(30)29-17-7-9-19-32(29)43(40)49-45;1-42(2)32-18-10-8-16-29(32)37-38(42)31-24-43-23-22-28(31)35-30-17-9-11-19-34(30)46(40(35)37)41-44-33-21-20-25-12-6-7-15-27(25)36(33)39(45-41)26-13-4-3-5-14-26;1-42(2)33-18-10-8-16-29(33)36-37(42)32-24-43-23-22-28(32)35-30-17-9-11-19-34(30)46(40(35)36)41-44-38(26-13-4-3-5-14-26)31-21-20-25-12-6-7-15-27(25)39(31)45-41/h3-26H,1-2H3;2*3-24H,1-2H3. The first-order chi connectivity index (χ1) is 69.8. The van der Waals surface area contributed by atoms with E-state index in [9.17, 15) is 0 Å². The van der Waals surface area contributed by atoms with Crippen LogP contribution in [0.15, 0.2) is 413 Å². The third-order valence-corrected chi connectivity index (χ3v) is 31.1. The van der Waals surface area contributed by atoms with Crippen LogP contribution in [0, 0.1) is 0 Å². The van der Waals surface area contributed by atoms with Crippen molar-refractivity contribution in [2.24, 2.45) is 0 Å². The number of hydrogen-bond donors (Lipinski definition) is 0. The summed E-state index contributed by atoms with van der Waals surface area (Å²) in [6, 6.07) is 134. The predicted molar refractivity (Wildman–Crippen MR) is 587 cm³/mol. The van der Waals surface area contributed by atoms with E-state index in [-0.39, 0.29) is 16.2 Å². The van der Waals surface area contributed by atoms with Gasteiger partial charge in [0.05, 0.1) is 66.7 Å². The van der Waals surface area contributed by atoms with Crippen LogP contribution in [0.5, 0.6) is 0 Å². The Morgan fingerprint density at radius 1 is 0.204 bits per heavy atom. The van der Waals surface area contributed by atoms with E-state index < -0.39 is 0 Å². The molecule has 0 saturated heterocycles. The topological polar surface area (TPSA) is 131 Å². The summed E-state index contributed by atoms with van der Waals surface area (Å²) in [7, 11) is 0. The molecular formula is C130H86N12. The van der Waals surface area contributed by atoms with Crippen molar-refractivity contribution in [3.05, 3.63) is 447 Å². The van der Waals surface area contributed by atoms with E-state index >= 15 is 0 Å². The average Bonchev–Trinajstić information content (AvgIpc) is 1.53. The van der Waals surface area contributed by atoms with E-state index in [1.807, 2.05) is 18.6 Å². The maximum Gasteiger partial charge on any atom is 0.235 e. The Morgan fingerprint density at radius 2 is 0.521 bits per heavy atom. The lowest BCUT2D eigenvalue weighted by Crippen LogP contribution is -2.15. The number of nitrogens with zero attached hydrogens (tertiary/aromatic N) is 12. The maximum absolute atomic E-state index is 5.62. The lowest BCUT2D eigenvalue weighted by molar-refractivity contribution is 0.666. The van der Waals surface area contributed by atoms with Gasteiger partial charge in [0.1, 0.15) is 0 Å². The van der Waals surface area contributed by atoms with E-state index in [1.165, 1.54) is 148 Å². The lowest BCUT2D eigenvalue weighted by atomic mass is 9.80. The van der Waals surface area contributed by atoms with Crippen LogP contribution in [0.25, 0.3) is 259 Å². The number of benzene rings is 19. The Hall–Kier alpha value is -18.1. The van der Waals surface area contributed by atoms with Gasteiger partial charge in [0.25, 0.3) is 0 Å². The van der Waals surface area contributed by atoms with E-state index in [1.54, 1.807) is 0 Å². The minimum atomic E-state index is -0.225. The van der Waals surface area contributed by atoms with Crippen LogP contribution in [0.2, 0.25) is 0 Å². The summed E-state index contributed by atoms with van der Waals surface area (Å²) in [5, 5.41) is 26.8. The second-order valence-electron chi connectivity index (χ2n) is 39.6. The van der Waals surface area contributed by atoms with Crippen LogP contribution in [0.1, 0.15) is 74.9 Å². The lowest BCUT2D eigenvalue weighted by Gasteiger charge is -2.23. The minimum Gasteiger partial charge on any atom is -0.277 e. The highest BCUT2D eigenvalue weighted by atomic mass is 15.2. The van der Waals surface area contributed by atoms with E-state index in [4.69, 9.17) is 29.9 Å². The van der Waals surface area contributed by atoms with E-state index in [0.29, 0.717) is 17.8 Å². The first kappa shape index (κ1) is 81.1. The second-order valence-corrected chi connectivity index (χ2v) is 39.6. The van der Waals surface area contributed by atoms with Crippen molar-refractivity contribution in [1.82, 2.24) is 58.6 Å². The van der Waals surface area contributed by atoms with Crippen molar-refractivity contribution in [2.45, 2.75) is 57.8 Å². The summed E-state index contributed by atoms with van der Waals surface area (Å²) < 4.78 is 7.00. The Labute approximate surface area is 815 Å². The fraction of sp³-hybridized carbons (Fsp3) is 0.0692. The molecule has 28 aromatic rings. The molecule has 9 aromatic heterocycles. The number of rotatable bonds is 6. The van der Waals surface area contributed by atoms with Gasteiger partial charge in [0.15, 0.2) is 0 Å². The molecule has 0 unspecified atom stereocenters. The summed E-state index contributed by atoms with van der Waals surface area (Å²) >= 11 is 0. The predicted octanol–water partition coefficient (Wildman–Crippen LogP) is 32.4. The molecule has 0 radical (unpaired) electrons. The molecule has 0 bridgehead atoms. The highest BCUT2D eigenvalue weighted by molar-refractivity contribution is 6.32. The van der Waals surface area contributed by atoms with Gasteiger partial charge >= 0.3 is 0 Å². The van der Waals surface area contributed by atoms with Gasteiger partial charge in [-0.05, 0) is 147 Å². The molecule has 9 heterocycles. The van der Waals surface area contributed by atoms with Crippen LogP contribution in [-0.4, -0.2) is 58.6 Å². The van der Waals surface area contributed by atoms with Gasteiger partial charge in [-0.3, -0.25) is 28.7 Å². The molecule has 3 aliphatic carbocycles. The summed E-state index contributed by atoms with van der Waals surface area (Å²) in [5.74, 6) is 2.01. The van der Waals surface area contributed by atoms with Gasteiger partial charge in [0.2, 0.25) is 17.8 Å². The molecule has 19 aromatic carbocycles. The molecule has 0 atom stereocenters. The molecule has 0 aliphatic heterocycles. The highest BCUT2D eigenvalue weighted by Gasteiger charge is 2.45. The molecule has 3 aliphatic rings. The first-order valence-corrected chi connectivity index (χ1v) is 48.8. The number of pyridine rings is 3. The third-order valence-electron chi connectivity index (χ3n) is 31.1. The Kier molecular flexibility index (Phi) is 17.4. The van der Waals surface area contributed by atoms with Crippen molar-refractivity contribution in [3.63, 3.8) is 0 Å². The van der Waals surface area contributed by atoms with Gasteiger partial charge in [-0.15, -0.1) is 0 Å². The fourth-order valence-corrected chi connectivity index (χ4v) is 25.2. The zero-order chi connectivity index (χ0) is 94.3. The fourth-order valence-electron chi connectivity index (χ4n) is 25.2. The van der Waals surface area contributed by atoms with Gasteiger partial charge in [-0.25, -0.2) is 29.9 Å². The molecule has 666 valence electrons. The van der Waals surface area contributed by atoms with E-state index in [2.05, 4.69) is 465 Å². The Morgan fingerprint density at radius 3 is 0.972 bits per heavy atom. The third kappa shape index (κ3) is 11.4. The largest absolute Gasteiger partial charge is 0.277 e. The van der Waals surface area contributed by atoms with Gasteiger partial charge in [0, 0.05) is 162 Å². The molecule has 142 heavy (non-hydrogen) atoms. The second kappa shape index (κ2) is 30.4. The number of fused-ring (bicyclic) bond motifs is 42. The maximum atomic E-state index is 5.62. The van der Waals surface area contributed by atoms with Gasteiger partial charge in [-0.1, -0.05) is 369 Å². The zero-order valence-electron chi connectivity index (χ0n) is 78.6. The quantitative estimate of drug-likeness (QED) is 0.149. The number of aromatic nitrogens is 12. The van der Waals surface area contributed by atoms with Gasteiger partial charge < -0.3 is 0 Å². The number of hydrogen-bond acceptors (Lipinski definition) is 9. The molecule has 0 fully saturated rings. The van der Waals surface area contributed by atoms with E-state index in [0.717, 1.165) is 127 Å². The monoisotopic (exact) mass is 1810 g/mol. The smallest absolute Gasteiger partial charge is 0.235 e. The first-order valence-electron chi connectivity index (χ1n) is 48.8. The molecule has 12 nitrogen and oxygen atoms in total. The van der Waals surface area contributed by atoms with Crippen molar-refractivity contribution in [1.29, 1.82) is 0 Å². The Balaban J connectivity index is 0.000000102. The molecule has 0 N–H and O–H groups in total. The molecule has 31 rings (SSSR count). The zero-order valence-corrected chi connectivity index (χ0v) is 78.6. The summed E-state index contributed by atoms with van der Waals surface area (Å²) in [4.78, 5) is 47.0. The molecule has 0 amide bonds. The van der Waals surface area contributed by atoms with Crippen LogP contribution in [0.4, 0.5) is 0 Å². The summed E-state index contributed by atoms with van der Waals surface area (Å²) in [6.45, 7) is 14.1. The van der Waals surface area contributed by atoms with Crippen molar-refractivity contribution in [3.8, 4) is 85.0 Å². The van der Waals surface area contributed by atoms with Crippen LogP contribution in [-0.2, 0) is 16.2 Å². The molecular weight excluding hydrogens is 1730 g/mol. The van der Waals surface area contributed by atoms with Crippen molar-refractivity contribution >= 4 is 174 Å².